The molecule has 1 unspecified atom stereocenters. The van der Waals surface area contributed by atoms with E-state index in [0.29, 0.717) is 17.2 Å². The maximum absolute atomic E-state index is 11.8. The van der Waals surface area contributed by atoms with Gasteiger partial charge in [-0.05, 0) is 117 Å². The largest absolute Gasteiger partial charge is 0.455 e. The maximum Gasteiger partial charge on any atom is 0.241 e. The standard InChI is InChI=1S/C34H46O3/c1-4-7-25-9-11-26(12-10-25)27-13-15-28(16-14-27)29-17-21-31(22-18-29)36-34(8-5-2)37-32-23-19-30(20-24-32)33(35)6-3/h6,17-28,34H,3-5,7-16H2,1-2H3. The SMILES string of the molecule is C=CC(=O)c1ccc(OC(CCC)Oc2ccc(C3CCC(C4CCC(CCC)CC4)CC3)cc2)cc1. The molecule has 37 heavy (non-hydrogen) atoms. The first kappa shape index (κ1) is 27.5. The Morgan fingerprint density at radius 3 is 1.86 bits per heavy atom. The van der Waals surface area contributed by atoms with Gasteiger partial charge < -0.3 is 9.47 Å². The summed E-state index contributed by atoms with van der Waals surface area (Å²) in [5.41, 5.74) is 2.06. The molecule has 0 amide bonds. The van der Waals surface area contributed by atoms with Crippen LogP contribution in [-0.4, -0.2) is 12.1 Å². The van der Waals surface area contributed by atoms with Crippen molar-refractivity contribution in [3.05, 3.63) is 72.3 Å². The first-order valence-corrected chi connectivity index (χ1v) is 14.8. The highest BCUT2D eigenvalue weighted by molar-refractivity contribution is 6.04. The summed E-state index contributed by atoms with van der Waals surface area (Å²) in [5, 5.41) is 0. The van der Waals surface area contributed by atoms with E-state index >= 15 is 0 Å². The van der Waals surface area contributed by atoms with Crippen molar-refractivity contribution in [2.75, 3.05) is 0 Å². The molecule has 2 saturated carbocycles. The van der Waals surface area contributed by atoms with E-state index in [4.69, 9.17) is 9.47 Å². The van der Waals surface area contributed by atoms with Crippen molar-refractivity contribution in [1.29, 1.82) is 0 Å². The van der Waals surface area contributed by atoms with Crippen LogP contribution in [0.15, 0.2) is 61.2 Å². The number of ketones is 1. The van der Waals surface area contributed by atoms with Crippen molar-refractivity contribution < 1.29 is 14.3 Å². The second kappa shape index (κ2) is 13.8. The molecule has 3 nitrogen and oxygen atoms in total. The van der Waals surface area contributed by atoms with Gasteiger partial charge in [-0.25, -0.2) is 0 Å². The van der Waals surface area contributed by atoms with E-state index in [0.717, 1.165) is 36.3 Å². The highest BCUT2D eigenvalue weighted by atomic mass is 16.7. The van der Waals surface area contributed by atoms with Crippen LogP contribution in [0, 0.1) is 17.8 Å². The molecule has 2 aromatic carbocycles. The summed E-state index contributed by atoms with van der Waals surface area (Å²) in [4.78, 5) is 11.8. The third kappa shape index (κ3) is 7.72. The Bertz CT molecular complexity index is 961. The summed E-state index contributed by atoms with van der Waals surface area (Å²) in [6.45, 7) is 8.00. The van der Waals surface area contributed by atoms with Gasteiger partial charge in [0.25, 0.3) is 0 Å². The molecule has 200 valence electrons. The number of allylic oxidation sites excluding steroid dienone is 1. The number of hydrogen-bond donors (Lipinski definition) is 0. The van der Waals surface area contributed by atoms with Crippen LogP contribution in [0.25, 0.3) is 0 Å². The van der Waals surface area contributed by atoms with Crippen molar-refractivity contribution in [2.24, 2.45) is 17.8 Å². The van der Waals surface area contributed by atoms with E-state index < -0.39 is 0 Å². The number of hydrogen-bond acceptors (Lipinski definition) is 3. The van der Waals surface area contributed by atoms with Crippen LogP contribution >= 0.6 is 0 Å². The zero-order valence-corrected chi connectivity index (χ0v) is 23.0. The lowest BCUT2D eigenvalue weighted by molar-refractivity contribution is -0.00106. The summed E-state index contributed by atoms with van der Waals surface area (Å²) in [6.07, 6.45) is 16.9. The Morgan fingerprint density at radius 1 is 0.811 bits per heavy atom. The fourth-order valence-electron chi connectivity index (χ4n) is 6.60. The molecule has 2 fully saturated rings. The summed E-state index contributed by atoms with van der Waals surface area (Å²) in [5.74, 6) is 5.09. The smallest absolute Gasteiger partial charge is 0.241 e. The van der Waals surface area contributed by atoms with E-state index in [1.807, 2.05) is 12.1 Å². The predicted molar refractivity (Wildman–Crippen MR) is 152 cm³/mol. The first-order valence-electron chi connectivity index (χ1n) is 14.8. The van der Waals surface area contributed by atoms with E-state index in [-0.39, 0.29) is 12.1 Å². The van der Waals surface area contributed by atoms with Crippen molar-refractivity contribution in [3.8, 4) is 11.5 Å². The summed E-state index contributed by atoms with van der Waals surface area (Å²) in [6, 6.07) is 15.9. The van der Waals surface area contributed by atoms with Gasteiger partial charge in [0.2, 0.25) is 6.29 Å². The molecule has 0 heterocycles. The average molecular weight is 503 g/mol. The van der Waals surface area contributed by atoms with Crippen LogP contribution in [0.5, 0.6) is 11.5 Å². The van der Waals surface area contributed by atoms with E-state index in [9.17, 15) is 4.79 Å². The van der Waals surface area contributed by atoms with Gasteiger partial charge in [0.05, 0.1) is 0 Å². The lowest BCUT2D eigenvalue weighted by Crippen LogP contribution is -2.25. The molecule has 2 aliphatic carbocycles. The van der Waals surface area contributed by atoms with Crippen molar-refractivity contribution in [1.82, 2.24) is 0 Å². The predicted octanol–water partition coefficient (Wildman–Crippen LogP) is 9.52. The van der Waals surface area contributed by atoms with E-state index in [1.54, 1.807) is 12.1 Å². The maximum atomic E-state index is 11.8. The zero-order chi connectivity index (χ0) is 26.0. The topological polar surface area (TPSA) is 35.5 Å². The average Bonchev–Trinajstić information content (AvgIpc) is 2.94. The fourth-order valence-corrected chi connectivity index (χ4v) is 6.60. The molecule has 2 aromatic rings. The highest BCUT2D eigenvalue weighted by Gasteiger charge is 2.31. The van der Waals surface area contributed by atoms with Crippen LogP contribution in [-0.2, 0) is 0 Å². The zero-order valence-electron chi connectivity index (χ0n) is 23.0. The molecule has 0 saturated heterocycles. The summed E-state index contributed by atoms with van der Waals surface area (Å²) < 4.78 is 12.3. The molecule has 0 N–H and O–H groups in total. The van der Waals surface area contributed by atoms with Crippen LogP contribution in [0.4, 0.5) is 0 Å². The molecule has 3 heteroatoms. The number of benzene rings is 2. The number of rotatable bonds is 12. The monoisotopic (exact) mass is 502 g/mol. The third-order valence-electron chi connectivity index (χ3n) is 8.76. The minimum Gasteiger partial charge on any atom is -0.455 e. The molecule has 0 bridgehead atoms. The fraction of sp³-hybridized carbons (Fsp3) is 0.559. The van der Waals surface area contributed by atoms with E-state index in [2.05, 4.69) is 44.7 Å². The molecular formula is C34H46O3. The second-order valence-corrected chi connectivity index (χ2v) is 11.3. The van der Waals surface area contributed by atoms with Crippen LogP contribution in [0.1, 0.15) is 113 Å². The Morgan fingerprint density at radius 2 is 1.35 bits per heavy atom. The van der Waals surface area contributed by atoms with E-state index in [1.165, 1.54) is 75.8 Å². The van der Waals surface area contributed by atoms with Gasteiger partial charge in [-0.1, -0.05) is 58.2 Å². The highest BCUT2D eigenvalue weighted by Crippen LogP contribution is 2.44. The lowest BCUT2D eigenvalue weighted by Gasteiger charge is -2.38. The molecule has 0 spiro atoms. The molecule has 1 atom stereocenters. The minimum absolute atomic E-state index is 0.0870. The Kier molecular flexibility index (Phi) is 10.3. The Labute approximate surface area is 224 Å². The summed E-state index contributed by atoms with van der Waals surface area (Å²) >= 11 is 0. The number of carbonyl (C=O) groups excluding carboxylic acids is 1. The first-order chi connectivity index (χ1) is 18.1. The molecular weight excluding hydrogens is 456 g/mol. The number of ether oxygens (including phenoxy) is 2. The van der Waals surface area contributed by atoms with Gasteiger partial charge in [0.15, 0.2) is 5.78 Å². The minimum atomic E-state index is -0.361. The third-order valence-corrected chi connectivity index (χ3v) is 8.76. The van der Waals surface area contributed by atoms with Gasteiger partial charge in [0, 0.05) is 12.0 Å². The van der Waals surface area contributed by atoms with Gasteiger partial charge in [-0.2, -0.15) is 0 Å². The normalized spacial score (nSPS) is 24.7. The Hall–Kier alpha value is -2.55. The molecule has 4 rings (SSSR count). The van der Waals surface area contributed by atoms with Crippen molar-refractivity contribution in [2.45, 2.75) is 103 Å². The quantitative estimate of drug-likeness (QED) is 0.165. The van der Waals surface area contributed by atoms with Gasteiger partial charge in [-0.3, -0.25) is 4.79 Å². The van der Waals surface area contributed by atoms with Crippen LogP contribution in [0.3, 0.4) is 0 Å². The van der Waals surface area contributed by atoms with Gasteiger partial charge >= 0.3 is 0 Å². The van der Waals surface area contributed by atoms with Crippen molar-refractivity contribution >= 4 is 5.78 Å². The number of carbonyl (C=O) groups is 1. The van der Waals surface area contributed by atoms with Gasteiger partial charge in [0.1, 0.15) is 11.5 Å². The van der Waals surface area contributed by atoms with Crippen LogP contribution < -0.4 is 9.47 Å². The van der Waals surface area contributed by atoms with Crippen LogP contribution in [0.2, 0.25) is 0 Å². The summed E-state index contributed by atoms with van der Waals surface area (Å²) in [7, 11) is 0. The molecule has 0 aliphatic heterocycles. The second-order valence-electron chi connectivity index (χ2n) is 11.3. The van der Waals surface area contributed by atoms with Gasteiger partial charge in [-0.15, -0.1) is 0 Å². The Balaban J connectivity index is 1.26. The lowest BCUT2D eigenvalue weighted by atomic mass is 9.68. The molecule has 0 aromatic heterocycles. The molecule has 2 aliphatic rings. The molecule has 0 radical (unpaired) electrons. The van der Waals surface area contributed by atoms with Crippen molar-refractivity contribution in [3.63, 3.8) is 0 Å².